The zero-order valence-corrected chi connectivity index (χ0v) is 18.1. The van der Waals surface area contributed by atoms with Crippen LogP contribution in [0.1, 0.15) is 73.8 Å². The summed E-state index contributed by atoms with van der Waals surface area (Å²) < 4.78 is 2.15. The Labute approximate surface area is 184 Å². The molecule has 0 unspecified atom stereocenters. The third kappa shape index (κ3) is 4.48. The van der Waals surface area contributed by atoms with E-state index in [-0.39, 0.29) is 5.91 Å². The van der Waals surface area contributed by atoms with E-state index in [0.717, 1.165) is 67.7 Å². The molecule has 0 N–H and O–H groups in total. The molecule has 2 aliphatic carbocycles. The number of rotatable bonds is 7. The maximum absolute atomic E-state index is 13.4. The lowest BCUT2D eigenvalue weighted by Crippen LogP contribution is -2.45. The molecule has 3 heterocycles. The first-order valence-corrected chi connectivity index (χ1v) is 11.8. The lowest BCUT2D eigenvalue weighted by atomic mass is 10.1. The summed E-state index contributed by atoms with van der Waals surface area (Å²) in [5.74, 6) is 0.192. The van der Waals surface area contributed by atoms with E-state index in [1.165, 1.54) is 25.7 Å². The van der Waals surface area contributed by atoms with Gasteiger partial charge in [0.2, 0.25) is 0 Å². The number of amides is 1. The molecule has 0 saturated heterocycles. The first kappa shape index (κ1) is 20.2. The minimum absolute atomic E-state index is 0.192. The first-order chi connectivity index (χ1) is 15.3. The molecule has 0 radical (unpaired) electrons. The van der Waals surface area contributed by atoms with Gasteiger partial charge in [-0.3, -0.25) is 9.78 Å². The Kier molecular flexibility index (Phi) is 5.96. The van der Waals surface area contributed by atoms with E-state index in [1.54, 1.807) is 12.5 Å². The predicted molar refractivity (Wildman–Crippen MR) is 120 cm³/mol. The normalized spacial score (nSPS) is 17.5. The monoisotopic (exact) mass is 417 g/mol. The largest absolute Gasteiger partial charge is 0.352 e. The van der Waals surface area contributed by atoms with Crippen LogP contribution in [0, 0.1) is 0 Å². The van der Waals surface area contributed by atoms with Crippen LogP contribution in [0.4, 0.5) is 0 Å². The summed E-state index contributed by atoms with van der Waals surface area (Å²) >= 11 is 0. The third-order valence-electron chi connectivity index (χ3n) is 6.96. The minimum atomic E-state index is 0.192. The molecule has 0 atom stereocenters. The summed E-state index contributed by atoms with van der Waals surface area (Å²) in [6.45, 7) is 0.905. The number of imidazole rings is 1. The van der Waals surface area contributed by atoms with E-state index >= 15 is 0 Å². The van der Waals surface area contributed by atoms with Gasteiger partial charge in [-0.25, -0.2) is 9.97 Å². The van der Waals surface area contributed by atoms with Gasteiger partial charge in [-0.05, 0) is 56.7 Å². The second-order valence-electron chi connectivity index (χ2n) is 9.06. The highest BCUT2D eigenvalue weighted by Gasteiger charge is 2.34. The fourth-order valence-corrected chi connectivity index (χ4v) is 5.30. The molecule has 1 amide bonds. The number of nitrogens with zero attached hydrogens (tertiary/aromatic N) is 5. The number of hydrogen-bond acceptors (Lipinski definition) is 4. The average molecular weight is 418 g/mol. The van der Waals surface area contributed by atoms with Crippen molar-refractivity contribution in [1.82, 2.24) is 24.4 Å². The highest BCUT2D eigenvalue weighted by Crippen LogP contribution is 2.32. The van der Waals surface area contributed by atoms with Gasteiger partial charge in [0.05, 0.1) is 11.3 Å². The molecule has 2 saturated carbocycles. The van der Waals surface area contributed by atoms with Crippen molar-refractivity contribution in [1.29, 1.82) is 0 Å². The summed E-state index contributed by atoms with van der Waals surface area (Å²) in [4.78, 5) is 28.7. The highest BCUT2D eigenvalue weighted by molar-refractivity contribution is 5.94. The Bertz CT molecular complexity index is 954. The fourth-order valence-electron chi connectivity index (χ4n) is 5.30. The molecule has 4 aliphatic rings. The van der Waals surface area contributed by atoms with Crippen LogP contribution in [0.2, 0.25) is 0 Å². The Morgan fingerprint density at radius 2 is 1.65 bits per heavy atom. The Morgan fingerprint density at radius 3 is 2.32 bits per heavy atom. The van der Waals surface area contributed by atoms with Gasteiger partial charge in [0.25, 0.3) is 5.91 Å². The Hall–Kier alpha value is -2.76. The molecule has 162 valence electrons. The van der Waals surface area contributed by atoms with E-state index in [2.05, 4.69) is 24.4 Å². The smallest absolute Gasteiger partial charge is 0.255 e. The van der Waals surface area contributed by atoms with Crippen molar-refractivity contribution in [3.8, 4) is 11.4 Å². The Balaban J connectivity index is 1.20. The van der Waals surface area contributed by atoms with Crippen LogP contribution < -0.4 is 0 Å². The molecule has 0 bridgehead atoms. The molecule has 2 aliphatic heterocycles. The molecule has 1 aromatic rings. The van der Waals surface area contributed by atoms with Gasteiger partial charge in [0.15, 0.2) is 0 Å². The summed E-state index contributed by atoms with van der Waals surface area (Å²) in [7, 11) is 0. The van der Waals surface area contributed by atoms with Crippen LogP contribution in [0.25, 0.3) is 11.4 Å². The van der Waals surface area contributed by atoms with Crippen molar-refractivity contribution >= 4 is 5.91 Å². The third-order valence-corrected chi connectivity index (χ3v) is 6.96. The van der Waals surface area contributed by atoms with Crippen molar-refractivity contribution in [2.75, 3.05) is 0 Å². The van der Waals surface area contributed by atoms with Gasteiger partial charge in [0.1, 0.15) is 12.0 Å². The van der Waals surface area contributed by atoms with E-state index in [1.807, 2.05) is 30.6 Å². The van der Waals surface area contributed by atoms with E-state index < -0.39 is 0 Å². The van der Waals surface area contributed by atoms with Crippen molar-refractivity contribution in [2.45, 2.75) is 82.8 Å². The second kappa shape index (κ2) is 9.16. The summed E-state index contributed by atoms with van der Waals surface area (Å²) in [6.07, 6.45) is 19.0. The fraction of sp³-hybridized carbons (Fsp3) is 0.520. The molecule has 5 rings (SSSR count). The first-order valence-electron chi connectivity index (χ1n) is 11.8. The number of aromatic nitrogens is 4. The van der Waals surface area contributed by atoms with Crippen LogP contribution in [-0.4, -0.2) is 42.4 Å². The van der Waals surface area contributed by atoms with Crippen LogP contribution in [0.15, 0.2) is 43.1 Å². The van der Waals surface area contributed by atoms with Gasteiger partial charge < -0.3 is 9.47 Å². The van der Waals surface area contributed by atoms with Gasteiger partial charge >= 0.3 is 0 Å². The van der Waals surface area contributed by atoms with E-state index in [4.69, 9.17) is 0 Å². The quantitative estimate of drug-likeness (QED) is 0.557. The van der Waals surface area contributed by atoms with Crippen LogP contribution >= 0.6 is 0 Å². The van der Waals surface area contributed by atoms with Gasteiger partial charge in [-0.1, -0.05) is 25.7 Å². The van der Waals surface area contributed by atoms with Crippen molar-refractivity contribution in [2.24, 2.45) is 0 Å². The number of carbonyl (C=O) groups excluding carboxylic acids is 1. The number of carbonyl (C=O) groups is 1. The number of aryl methyl sites for hydroxylation is 2. The van der Waals surface area contributed by atoms with Crippen molar-refractivity contribution in [3.05, 3.63) is 54.4 Å². The number of fused-ring (bicyclic) bond motifs is 1. The SMILES string of the molecule is O=C(c1ccc(CCCn2ccc3ncnc-3c2)nc1)N(C1CCCC1)C1CCCC1. The minimum Gasteiger partial charge on any atom is -0.352 e. The van der Waals surface area contributed by atoms with Crippen LogP contribution in [0.3, 0.4) is 0 Å². The molecular weight excluding hydrogens is 386 g/mol. The molecule has 1 aromatic heterocycles. The summed E-state index contributed by atoms with van der Waals surface area (Å²) in [5.41, 5.74) is 3.65. The van der Waals surface area contributed by atoms with E-state index in [9.17, 15) is 4.79 Å². The molecule has 0 aromatic carbocycles. The van der Waals surface area contributed by atoms with Crippen molar-refractivity contribution in [3.63, 3.8) is 0 Å². The summed E-state index contributed by atoms with van der Waals surface area (Å²) in [6, 6.07) is 6.88. The zero-order chi connectivity index (χ0) is 21.0. The number of hydrogen-bond donors (Lipinski definition) is 0. The second-order valence-corrected chi connectivity index (χ2v) is 9.06. The lowest BCUT2D eigenvalue weighted by Gasteiger charge is -2.34. The molecule has 2 fully saturated rings. The van der Waals surface area contributed by atoms with Crippen LogP contribution in [0.5, 0.6) is 0 Å². The van der Waals surface area contributed by atoms with Crippen molar-refractivity contribution < 1.29 is 4.79 Å². The highest BCUT2D eigenvalue weighted by atomic mass is 16.2. The molecule has 6 nitrogen and oxygen atoms in total. The van der Waals surface area contributed by atoms with Gasteiger partial charge in [-0.2, -0.15) is 0 Å². The maximum Gasteiger partial charge on any atom is 0.255 e. The van der Waals surface area contributed by atoms with E-state index in [0.29, 0.717) is 12.1 Å². The topological polar surface area (TPSA) is 63.9 Å². The standard InChI is InChI=1S/C25H31N5O/c31-25(30(21-7-1-2-8-21)22-9-3-4-10-22)19-11-12-20(26-16-19)6-5-14-29-15-13-23-24(17-29)28-18-27-23/h11-13,15-18,21-22H,1-10,14H2. The maximum atomic E-state index is 13.4. The number of pyridine rings is 2. The molecule has 0 spiro atoms. The van der Waals surface area contributed by atoms with Crippen LogP contribution in [-0.2, 0) is 13.0 Å². The molecule has 31 heavy (non-hydrogen) atoms. The zero-order valence-electron chi connectivity index (χ0n) is 18.1. The van der Waals surface area contributed by atoms with Gasteiger partial charge in [0, 0.05) is 42.9 Å². The summed E-state index contributed by atoms with van der Waals surface area (Å²) in [5, 5.41) is 0. The van der Waals surface area contributed by atoms with Gasteiger partial charge in [-0.15, -0.1) is 0 Å². The molecular formula is C25H31N5O. The predicted octanol–water partition coefficient (Wildman–Crippen LogP) is 4.74. The lowest BCUT2D eigenvalue weighted by molar-refractivity contribution is 0.0580. The average Bonchev–Trinajstić information content (AvgIpc) is 3.57. The Morgan fingerprint density at radius 1 is 0.935 bits per heavy atom. The molecule has 6 heteroatoms.